The molecule has 200 valence electrons. The second-order valence-corrected chi connectivity index (χ2v) is 8.82. The average molecular weight is 521 g/mol. The fourth-order valence-electron chi connectivity index (χ4n) is 2.96. The minimum Gasteiger partial charge on any atom is -0.462 e. The third-order valence-corrected chi connectivity index (χ3v) is 5.22. The van der Waals surface area contributed by atoms with Crippen molar-refractivity contribution in [3.05, 3.63) is 90.6 Å². The quantitative estimate of drug-likeness (QED) is 0.153. The van der Waals surface area contributed by atoms with Crippen LogP contribution in [0.25, 0.3) is 11.1 Å². The summed E-state index contributed by atoms with van der Waals surface area (Å²) in [6, 6.07) is 13.8. The number of ether oxygens (including phenoxy) is 4. The van der Waals surface area contributed by atoms with Crippen LogP contribution in [0.5, 0.6) is 5.75 Å². The Hall–Kier alpha value is -4.46. The fraction of sp³-hybridized carbons (Fsp3) is 0.267. The summed E-state index contributed by atoms with van der Waals surface area (Å²) in [7, 11) is 0. The van der Waals surface area contributed by atoms with Gasteiger partial charge in [0, 0.05) is 22.6 Å². The van der Waals surface area contributed by atoms with E-state index in [0.717, 1.165) is 11.1 Å². The van der Waals surface area contributed by atoms with Crippen molar-refractivity contribution in [2.75, 3.05) is 19.8 Å². The Labute approximate surface area is 222 Å². The predicted octanol–water partition coefficient (Wildman–Crippen LogP) is 5.24. The van der Waals surface area contributed by atoms with Crippen molar-refractivity contribution in [1.82, 2.24) is 0 Å². The summed E-state index contributed by atoms with van der Waals surface area (Å²) in [6.45, 7) is 15.2. The van der Waals surface area contributed by atoms with E-state index in [1.807, 2.05) is 0 Å². The lowest BCUT2D eigenvalue weighted by atomic mass is 10.0. The average Bonchev–Trinajstić information content (AvgIpc) is 2.89. The molecule has 2 aromatic rings. The van der Waals surface area contributed by atoms with Crippen LogP contribution >= 0.6 is 0 Å². The number of carbonyl (C=O) groups excluding carboxylic acids is 4. The number of benzene rings is 2. The van der Waals surface area contributed by atoms with Gasteiger partial charge in [0.2, 0.25) is 0 Å². The van der Waals surface area contributed by atoms with E-state index in [1.54, 1.807) is 55.5 Å². The molecule has 0 amide bonds. The van der Waals surface area contributed by atoms with Crippen molar-refractivity contribution in [3.8, 4) is 16.9 Å². The van der Waals surface area contributed by atoms with Crippen molar-refractivity contribution in [2.45, 2.75) is 27.2 Å². The first kappa shape index (κ1) is 29.8. The molecule has 38 heavy (non-hydrogen) atoms. The van der Waals surface area contributed by atoms with Gasteiger partial charge in [-0.15, -0.1) is 0 Å². The van der Waals surface area contributed by atoms with Gasteiger partial charge in [-0.25, -0.2) is 19.2 Å². The van der Waals surface area contributed by atoms with Gasteiger partial charge in [0.05, 0.1) is 25.4 Å². The third-order valence-electron chi connectivity index (χ3n) is 5.22. The van der Waals surface area contributed by atoms with Crippen LogP contribution in [0.3, 0.4) is 0 Å². The molecular weight excluding hydrogens is 488 g/mol. The maximum atomic E-state index is 12.5. The van der Waals surface area contributed by atoms with E-state index in [2.05, 4.69) is 19.7 Å². The van der Waals surface area contributed by atoms with E-state index in [4.69, 9.17) is 18.9 Å². The molecule has 0 spiro atoms. The van der Waals surface area contributed by atoms with Gasteiger partial charge in [-0.2, -0.15) is 0 Å². The number of rotatable bonds is 13. The summed E-state index contributed by atoms with van der Waals surface area (Å²) >= 11 is 0. The molecule has 0 radical (unpaired) electrons. The molecule has 0 bridgehead atoms. The molecule has 0 unspecified atom stereocenters. The zero-order valence-corrected chi connectivity index (χ0v) is 21.9. The molecule has 8 nitrogen and oxygen atoms in total. The van der Waals surface area contributed by atoms with Crippen molar-refractivity contribution >= 4 is 23.9 Å². The Morgan fingerprint density at radius 1 is 0.658 bits per heavy atom. The monoisotopic (exact) mass is 520 g/mol. The zero-order valence-electron chi connectivity index (χ0n) is 21.9. The van der Waals surface area contributed by atoms with Crippen LogP contribution in [0.4, 0.5) is 0 Å². The minimum absolute atomic E-state index is 0.0212. The highest BCUT2D eigenvalue weighted by atomic mass is 16.6. The van der Waals surface area contributed by atoms with Gasteiger partial charge in [0.25, 0.3) is 0 Å². The Kier molecular flexibility index (Phi) is 11.2. The van der Waals surface area contributed by atoms with E-state index in [1.165, 1.54) is 13.8 Å². The molecule has 0 saturated carbocycles. The molecule has 0 aromatic heterocycles. The molecule has 0 N–H and O–H groups in total. The van der Waals surface area contributed by atoms with E-state index >= 15 is 0 Å². The van der Waals surface area contributed by atoms with Crippen molar-refractivity contribution in [2.24, 2.45) is 5.92 Å². The fourth-order valence-corrected chi connectivity index (χ4v) is 2.96. The van der Waals surface area contributed by atoms with Crippen LogP contribution in [0.2, 0.25) is 0 Å². The summed E-state index contributed by atoms with van der Waals surface area (Å²) in [6.07, 6.45) is 0.305. The van der Waals surface area contributed by atoms with Crippen molar-refractivity contribution < 1.29 is 38.1 Å². The minimum atomic E-state index is -0.555. The smallest absolute Gasteiger partial charge is 0.338 e. The number of hydrogen-bond acceptors (Lipinski definition) is 8. The Balaban J connectivity index is 1.93. The summed E-state index contributed by atoms with van der Waals surface area (Å²) < 4.78 is 20.9. The van der Waals surface area contributed by atoms with Gasteiger partial charge in [-0.3, -0.25) is 0 Å². The lowest BCUT2D eigenvalue weighted by Gasteiger charge is -2.17. The second kappa shape index (κ2) is 14.3. The lowest BCUT2D eigenvalue weighted by molar-refractivity contribution is -0.144. The maximum Gasteiger partial charge on any atom is 0.338 e. The Bertz CT molecular complexity index is 1180. The van der Waals surface area contributed by atoms with Crippen LogP contribution in [-0.2, 0) is 28.6 Å². The summed E-state index contributed by atoms with van der Waals surface area (Å²) in [5.74, 6) is -2.09. The first-order chi connectivity index (χ1) is 18.0. The molecule has 2 rings (SSSR count). The highest BCUT2D eigenvalue weighted by molar-refractivity contribution is 5.90. The standard InChI is InChI=1S/C30H32O8/c1-19(2)27(31)36-17-22(18-37-28(32)20(3)4)15-16-35-30(34)25-9-7-23(8-10-25)24-11-13-26(14-12-24)38-29(33)21(5)6/h7-14,22H,1,3,5,15-18H2,2,4,6H3. The Morgan fingerprint density at radius 3 is 1.55 bits per heavy atom. The van der Waals surface area contributed by atoms with Crippen molar-refractivity contribution in [1.29, 1.82) is 0 Å². The number of hydrogen-bond donors (Lipinski definition) is 0. The molecule has 0 aliphatic rings. The van der Waals surface area contributed by atoms with Gasteiger partial charge in [-0.1, -0.05) is 44.0 Å². The van der Waals surface area contributed by atoms with Crippen LogP contribution < -0.4 is 4.74 Å². The van der Waals surface area contributed by atoms with Crippen LogP contribution in [0.15, 0.2) is 85.0 Å². The third kappa shape index (κ3) is 9.54. The van der Waals surface area contributed by atoms with E-state index in [0.29, 0.717) is 23.3 Å². The van der Waals surface area contributed by atoms with Gasteiger partial charge in [0.1, 0.15) is 5.75 Å². The molecule has 0 heterocycles. The molecule has 0 aliphatic carbocycles. The molecule has 0 aliphatic heterocycles. The van der Waals surface area contributed by atoms with E-state index in [-0.39, 0.29) is 36.9 Å². The summed E-state index contributed by atoms with van der Waals surface area (Å²) in [4.78, 5) is 47.6. The first-order valence-corrected chi connectivity index (χ1v) is 11.9. The highest BCUT2D eigenvalue weighted by Crippen LogP contribution is 2.23. The van der Waals surface area contributed by atoms with Crippen LogP contribution in [0, 0.1) is 5.92 Å². The normalized spacial score (nSPS) is 10.3. The molecule has 0 atom stereocenters. The maximum absolute atomic E-state index is 12.5. The van der Waals surface area contributed by atoms with Gasteiger partial charge in [-0.05, 0) is 62.6 Å². The Morgan fingerprint density at radius 2 is 1.11 bits per heavy atom. The van der Waals surface area contributed by atoms with Crippen LogP contribution in [-0.4, -0.2) is 43.7 Å². The SMILES string of the molecule is C=C(C)C(=O)OCC(CCOC(=O)c1ccc(-c2ccc(OC(=O)C(=C)C)cc2)cc1)COC(=O)C(=C)C. The van der Waals surface area contributed by atoms with E-state index < -0.39 is 23.9 Å². The van der Waals surface area contributed by atoms with Gasteiger partial charge < -0.3 is 18.9 Å². The van der Waals surface area contributed by atoms with Crippen LogP contribution in [0.1, 0.15) is 37.6 Å². The second-order valence-electron chi connectivity index (χ2n) is 8.82. The van der Waals surface area contributed by atoms with Crippen molar-refractivity contribution in [3.63, 3.8) is 0 Å². The number of esters is 4. The lowest BCUT2D eigenvalue weighted by Crippen LogP contribution is -2.23. The van der Waals surface area contributed by atoms with E-state index in [9.17, 15) is 19.2 Å². The zero-order chi connectivity index (χ0) is 28.2. The first-order valence-electron chi connectivity index (χ1n) is 11.9. The molecule has 0 fully saturated rings. The largest absolute Gasteiger partial charge is 0.462 e. The molecular formula is C30H32O8. The van der Waals surface area contributed by atoms with Gasteiger partial charge >= 0.3 is 23.9 Å². The highest BCUT2D eigenvalue weighted by Gasteiger charge is 2.17. The summed E-state index contributed by atoms with van der Waals surface area (Å²) in [5, 5.41) is 0. The molecule has 2 aromatic carbocycles. The number of carbonyl (C=O) groups is 4. The molecule has 8 heteroatoms. The topological polar surface area (TPSA) is 105 Å². The van der Waals surface area contributed by atoms with Gasteiger partial charge in [0.15, 0.2) is 0 Å². The predicted molar refractivity (Wildman–Crippen MR) is 142 cm³/mol. The molecule has 0 saturated heterocycles. The summed E-state index contributed by atoms with van der Waals surface area (Å²) in [5.41, 5.74) is 2.90.